The number of pyridine rings is 1. The van der Waals surface area contributed by atoms with Crippen molar-refractivity contribution < 1.29 is 19.6 Å². The van der Waals surface area contributed by atoms with Gasteiger partial charge in [-0.05, 0) is 12.8 Å². The van der Waals surface area contributed by atoms with Crippen molar-refractivity contribution in [1.29, 1.82) is 0 Å². The molecule has 8 nitrogen and oxygen atoms in total. The molecule has 1 aliphatic rings. The summed E-state index contributed by atoms with van der Waals surface area (Å²) in [5.41, 5.74) is -0.532. The quantitative estimate of drug-likeness (QED) is 0.623. The van der Waals surface area contributed by atoms with Crippen LogP contribution in [0.3, 0.4) is 0 Å². The molecule has 1 aliphatic heterocycles. The Morgan fingerprint density at radius 3 is 2.79 bits per heavy atom. The fraction of sp³-hybridized carbons (Fsp3) is 0.455. The first kappa shape index (κ1) is 13.2. The Labute approximate surface area is 108 Å². The van der Waals surface area contributed by atoms with E-state index in [-0.39, 0.29) is 23.1 Å². The zero-order valence-electron chi connectivity index (χ0n) is 10.0. The van der Waals surface area contributed by atoms with Crippen molar-refractivity contribution in [3.05, 3.63) is 27.9 Å². The van der Waals surface area contributed by atoms with E-state index in [1.165, 1.54) is 0 Å². The van der Waals surface area contributed by atoms with E-state index >= 15 is 0 Å². The van der Waals surface area contributed by atoms with Gasteiger partial charge in [-0.15, -0.1) is 0 Å². The molecule has 1 fully saturated rings. The van der Waals surface area contributed by atoms with Crippen LogP contribution >= 0.6 is 0 Å². The van der Waals surface area contributed by atoms with E-state index in [4.69, 9.17) is 9.84 Å². The Morgan fingerprint density at radius 1 is 1.53 bits per heavy atom. The minimum absolute atomic E-state index is 0.0515. The standard InChI is InChI=1S/C11H13N3O5/c15-11(16)7-5-9(14(17)18)10(12-6-7)13-8-1-3-19-4-2-8/h5-6,8H,1-4H2,(H,12,13)(H,15,16). The molecule has 0 spiro atoms. The number of aromatic carboxylic acids is 1. The number of nitro groups is 1. The third kappa shape index (κ3) is 3.16. The van der Waals surface area contributed by atoms with Gasteiger partial charge < -0.3 is 15.2 Å². The molecule has 0 unspecified atom stereocenters. The third-order valence-electron chi connectivity index (χ3n) is 2.87. The summed E-state index contributed by atoms with van der Waals surface area (Å²) in [6.07, 6.45) is 2.58. The van der Waals surface area contributed by atoms with Crippen molar-refractivity contribution in [3.63, 3.8) is 0 Å². The zero-order chi connectivity index (χ0) is 13.8. The Kier molecular flexibility index (Phi) is 3.91. The van der Waals surface area contributed by atoms with Crippen molar-refractivity contribution in [3.8, 4) is 0 Å². The van der Waals surface area contributed by atoms with E-state index in [1.54, 1.807) is 0 Å². The number of carbonyl (C=O) groups is 1. The molecule has 1 aromatic rings. The van der Waals surface area contributed by atoms with E-state index in [0.29, 0.717) is 13.2 Å². The molecule has 19 heavy (non-hydrogen) atoms. The summed E-state index contributed by atoms with van der Waals surface area (Å²) >= 11 is 0. The molecule has 8 heteroatoms. The Balaban J connectivity index is 2.23. The first-order chi connectivity index (χ1) is 9.08. The number of hydrogen-bond donors (Lipinski definition) is 2. The van der Waals surface area contributed by atoms with E-state index in [9.17, 15) is 14.9 Å². The highest BCUT2D eigenvalue weighted by atomic mass is 16.6. The average molecular weight is 267 g/mol. The van der Waals surface area contributed by atoms with E-state index in [0.717, 1.165) is 25.1 Å². The maximum absolute atomic E-state index is 10.9. The summed E-state index contributed by atoms with van der Waals surface area (Å²) in [6.45, 7) is 1.19. The van der Waals surface area contributed by atoms with Gasteiger partial charge in [0.1, 0.15) is 0 Å². The molecule has 2 heterocycles. The van der Waals surface area contributed by atoms with E-state index in [1.807, 2.05) is 0 Å². The van der Waals surface area contributed by atoms with Crippen molar-refractivity contribution in [2.45, 2.75) is 18.9 Å². The van der Waals surface area contributed by atoms with Gasteiger partial charge >= 0.3 is 11.7 Å². The molecule has 0 amide bonds. The Morgan fingerprint density at radius 2 is 2.21 bits per heavy atom. The highest BCUT2D eigenvalue weighted by Crippen LogP contribution is 2.25. The average Bonchev–Trinajstić information content (AvgIpc) is 2.39. The zero-order valence-corrected chi connectivity index (χ0v) is 10.0. The second-order valence-corrected chi connectivity index (χ2v) is 4.18. The van der Waals surface area contributed by atoms with Crippen LogP contribution in [0.5, 0.6) is 0 Å². The minimum atomic E-state index is -1.24. The monoisotopic (exact) mass is 267 g/mol. The fourth-order valence-corrected chi connectivity index (χ4v) is 1.86. The van der Waals surface area contributed by atoms with E-state index in [2.05, 4.69) is 10.3 Å². The molecular formula is C11H13N3O5. The Bertz CT molecular complexity index is 499. The number of anilines is 1. The smallest absolute Gasteiger partial charge is 0.337 e. The summed E-state index contributed by atoms with van der Waals surface area (Å²) in [5.74, 6) is -1.14. The predicted molar refractivity (Wildman–Crippen MR) is 65.3 cm³/mol. The van der Waals surface area contributed by atoms with Gasteiger partial charge in [0.2, 0.25) is 5.82 Å². The van der Waals surface area contributed by atoms with Crippen LogP contribution in [0.15, 0.2) is 12.3 Å². The summed E-state index contributed by atoms with van der Waals surface area (Å²) in [5, 5.41) is 22.7. The summed E-state index contributed by atoms with van der Waals surface area (Å²) < 4.78 is 5.19. The second kappa shape index (κ2) is 5.61. The molecule has 0 aromatic carbocycles. The van der Waals surface area contributed by atoms with Crippen LogP contribution in [0.1, 0.15) is 23.2 Å². The Hall–Kier alpha value is -2.22. The summed E-state index contributed by atoms with van der Waals surface area (Å²) in [4.78, 5) is 24.9. The van der Waals surface area contributed by atoms with Crippen molar-refractivity contribution in [1.82, 2.24) is 4.98 Å². The van der Waals surface area contributed by atoms with Gasteiger partial charge in [0.25, 0.3) is 0 Å². The summed E-state index contributed by atoms with van der Waals surface area (Å²) in [6, 6.07) is 1.06. The first-order valence-corrected chi connectivity index (χ1v) is 5.80. The first-order valence-electron chi connectivity index (χ1n) is 5.80. The topological polar surface area (TPSA) is 115 Å². The van der Waals surface area contributed by atoms with Crippen molar-refractivity contribution in [2.75, 3.05) is 18.5 Å². The maximum atomic E-state index is 10.9. The molecule has 1 saturated heterocycles. The van der Waals surface area contributed by atoms with Gasteiger partial charge in [0.05, 0.1) is 10.5 Å². The molecule has 0 aliphatic carbocycles. The normalized spacial score (nSPS) is 16.0. The number of hydrogen-bond acceptors (Lipinski definition) is 6. The van der Waals surface area contributed by atoms with Crippen LogP contribution < -0.4 is 5.32 Å². The lowest BCUT2D eigenvalue weighted by molar-refractivity contribution is -0.384. The lowest BCUT2D eigenvalue weighted by atomic mass is 10.1. The number of aromatic nitrogens is 1. The number of carboxylic acids is 1. The molecule has 2 N–H and O–H groups in total. The van der Waals surface area contributed by atoms with Gasteiger partial charge in [0, 0.05) is 31.5 Å². The van der Waals surface area contributed by atoms with Gasteiger partial charge in [-0.3, -0.25) is 10.1 Å². The summed E-state index contributed by atoms with van der Waals surface area (Å²) in [7, 11) is 0. The molecule has 0 bridgehead atoms. The lowest BCUT2D eigenvalue weighted by Gasteiger charge is -2.23. The molecule has 1 aromatic heterocycles. The molecule has 0 saturated carbocycles. The number of nitrogens with one attached hydrogen (secondary N) is 1. The van der Waals surface area contributed by atoms with Gasteiger partial charge in [-0.1, -0.05) is 0 Å². The van der Waals surface area contributed by atoms with Crippen LogP contribution in [0.25, 0.3) is 0 Å². The van der Waals surface area contributed by atoms with Gasteiger partial charge in [-0.25, -0.2) is 9.78 Å². The maximum Gasteiger partial charge on any atom is 0.337 e. The number of nitrogens with zero attached hydrogens (tertiary/aromatic N) is 2. The highest BCUT2D eigenvalue weighted by molar-refractivity contribution is 5.88. The SMILES string of the molecule is O=C(O)c1cnc(NC2CCOCC2)c([N+](=O)[O-])c1. The number of rotatable bonds is 4. The minimum Gasteiger partial charge on any atom is -0.478 e. The largest absolute Gasteiger partial charge is 0.478 e. The number of ether oxygens (including phenoxy) is 1. The van der Waals surface area contributed by atoms with Crippen LogP contribution in [0.2, 0.25) is 0 Å². The van der Waals surface area contributed by atoms with Crippen LogP contribution in [0, 0.1) is 10.1 Å². The predicted octanol–water partition coefficient (Wildman–Crippen LogP) is 1.28. The fourth-order valence-electron chi connectivity index (χ4n) is 1.86. The molecule has 0 radical (unpaired) electrons. The molecule has 0 atom stereocenters. The lowest BCUT2D eigenvalue weighted by Crippen LogP contribution is -2.28. The molecular weight excluding hydrogens is 254 g/mol. The van der Waals surface area contributed by atoms with Crippen LogP contribution in [-0.2, 0) is 4.74 Å². The molecule has 102 valence electrons. The second-order valence-electron chi connectivity index (χ2n) is 4.18. The highest BCUT2D eigenvalue weighted by Gasteiger charge is 2.22. The third-order valence-corrected chi connectivity index (χ3v) is 2.87. The van der Waals surface area contributed by atoms with Gasteiger partial charge in [0.15, 0.2) is 0 Å². The molecule has 2 rings (SSSR count). The number of carboxylic acid groups (broad SMARTS) is 1. The van der Waals surface area contributed by atoms with Crippen LogP contribution in [0.4, 0.5) is 11.5 Å². The van der Waals surface area contributed by atoms with Gasteiger partial charge in [-0.2, -0.15) is 0 Å². The van der Waals surface area contributed by atoms with Crippen LogP contribution in [-0.4, -0.2) is 40.2 Å². The van der Waals surface area contributed by atoms with Crippen molar-refractivity contribution >= 4 is 17.5 Å². The van der Waals surface area contributed by atoms with E-state index < -0.39 is 10.9 Å². The van der Waals surface area contributed by atoms with Crippen molar-refractivity contribution in [2.24, 2.45) is 0 Å².